The van der Waals surface area contributed by atoms with E-state index in [2.05, 4.69) is 36.3 Å². The topological polar surface area (TPSA) is 24.5 Å². The van der Waals surface area contributed by atoms with Crippen LogP contribution in [0.4, 0.5) is 0 Å². The molecule has 2 fully saturated rings. The molecule has 2 rings (SSSR count). The molecule has 17 heavy (non-hydrogen) atoms. The normalized spacial score (nSPS) is 27.4. The third kappa shape index (κ3) is 3.23. The Labute approximate surface area is 105 Å². The van der Waals surface area contributed by atoms with E-state index in [1.54, 1.807) is 0 Å². The van der Waals surface area contributed by atoms with E-state index in [4.69, 9.17) is 4.74 Å². The molecule has 2 heterocycles. The van der Waals surface area contributed by atoms with Gasteiger partial charge in [0.25, 0.3) is 0 Å². The smallest absolute Gasteiger partial charge is 0.0483 e. The number of piperidine rings is 1. The third-order valence-corrected chi connectivity index (χ3v) is 4.33. The minimum Gasteiger partial charge on any atom is -0.388 e. The van der Waals surface area contributed by atoms with Gasteiger partial charge in [0.05, 0.1) is 0 Å². The van der Waals surface area contributed by atoms with Crippen molar-refractivity contribution in [3.05, 3.63) is 12.3 Å². The molecule has 2 saturated heterocycles. The molecule has 0 unspecified atom stereocenters. The first-order valence-electron chi connectivity index (χ1n) is 6.95. The summed E-state index contributed by atoms with van der Waals surface area (Å²) in [6, 6.07) is 0.672. The highest BCUT2D eigenvalue weighted by molar-refractivity contribution is 4.93. The minimum absolute atomic E-state index is 0.393. The molecule has 0 amide bonds. The summed E-state index contributed by atoms with van der Waals surface area (Å²) in [5.41, 5.74) is 0.393. The number of hydrogen-bond donors (Lipinski definition) is 1. The van der Waals surface area contributed by atoms with Crippen LogP contribution in [0.2, 0.25) is 0 Å². The molecule has 0 aromatic heterocycles. The molecule has 2 aliphatic heterocycles. The number of hydrogen-bond acceptors (Lipinski definition) is 3. The molecular weight excluding hydrogens is 212 g/mol. The van der Waals surface area contributed by atoms with Crippen LogP contribution in [0.1, 0.15) is 39.5 Å². The van der Waals surface area contributed by atoms with Gasteiger partial charge in [-0.25, -0.2) is 0 Å². The van der Waals surface area contributed by atoms with Gasteiger partial charge in [-0.3, -0.25) is 4.90 Å². The molecular formula is C14H26N2O. The van der Waals surface area contributed by atoms with Crippen molar-refractivity contribution in [2.45, 2.75) is 51.1 Å². The lowest BCUT2D eigenvalue weighted by atomic mass is 9.88. The van der Waals surface area contributed by atoms with Crippen LogP contribution < -0.4 is 5.32 Å². The van der Waals surface area contributed by atoms with Crippen LogP contribution in [-0.4, -0.2) is 42.8 Å². The molecule has 1 N–H and O–H groups in total. The zero-order valence-electron chi connectivity index (χ0n) is 11.2. The second kappa shape index (κ2) is 5.87. The van der Waals surface area contributed by atoms with Gasteiger partial charge >= 0.3 is 0 Å². The predicted molar refractivity (Wildman–Crippen MR) is 71.0 cm³/mol. The van der Waals surface area contributed by atoms with Crippen molar-refractivity contribution in [2.75, 3.05) is 26.3 Å². The van der Waals surface area contributed by atoms with E-state index in [9.17, 15) is 0 Å². The Kier molecular flexibility index (Phi) is 4.46. The maximum Gasteiger partial charge on any atom is 0.0483 e. The predicted octanol–water partition coefficient (Wildman–Crippen LogP) is 2.14. The Morgan fingerprint density at radius 3 is 2.47 bits per heavy atom. The van der Waals surface area contributed by atoms with Gasteiger partial charge in [0.1, 0.15) is 0 Å². The minimum atomic E-state index is 0.393. The Morgan fingerprint density at radius 2 is 1.88 bits per heavy atom. The Bertz CT molecular complexity index is 251. The summed E-state index contributed by atoms with van der Waals surface area (Å²) in [7, 11) is 0. The van der Waals surface area contributed by atoms with E-state index >= 15 is 0 Å². The van der Waals surface area contributed by atoms with Gasteiger partial charge in [-0.2, -0.15) is 0 Å². The second-order valence-electron chi connectivity index (χ2n) is 5.54. The number of likely N-dealkylation sites (tertiary alicyclic amines) is 1. The largest absolute Gasteiger partial charge is 0.388 e. The molecule has 0 aliphatic carbocycles. The average Bonchev–Trinajstić information content (AvgIpc) is 2.38. The summed E-state index contributed by atoms with van der Waals surface area (Å²) < 4.78 is 5.48. The van der Waals surface area contributed by atoms with E-state index in [0.717, 1.165) is 13.2 Å². The van der Waals surface area contributed by atoms with E-state index in [-0.39, 0.29) is 0 Å². The van der Waals surface area contributed by atoms with Crippen molar-refractivity contribution in [3.8, 4) is 0 Å². The number of ether oxygens (including phenoxy) is 1. The summed E-state index contributed by atoms with van der Waals surface area (Å²) in [6.07, 6.45) is 9.07. The van der Waals surface area contributed by atoms with E-state index in [1.165, 1.54) is 38.8 Å². The monoisotopic (exact) mass is 238 g/mol. The molecule has 0 saturated carbocycles. The van der Waals surface area contributed by atoms with Crippen molar-refractivity contribution in [1.82, 2.24) is 10.2 Å². The second-order valence-corrected chi connectivity index (χ2v) is 5.54. The molecule has 0 bridgehead atoms. The first kappa shape index (κ1) is 12.9. The quantitative estimate of drug-likeness (QED) is 0.815. The summed E-state index contributed by atoms with van der Waals surface area (Å²) in [5.74, 6) is 0. The lowest BCUT2D eigenvalue weighted by Crippen LogP contribution is -2.54. The van der Waals surface area contributed by atoms with E-state index in [0.29, 0.717) is 11.6 Å². The SMILES string of the molecule is C/C=C\NC1CCN(C2(C)CCOCC2)CC1. The fourth-order valence-corrected chi connectivity index (χ4v) is 2.95. The van der Waals surface area contributed by atoms with Crippen LogP contribution in [0.5, 0.6) is 0 Å². The molecule has 0 radical (unpaired) electrons. The average molecular weight is 238 g/mol. The summed E-state index contributed by atoms with van der Waals surface area (Å²) in [5, 5.41) is 3.48. The summed E-state index contributed by atoms with van der Waals surface area (Å²) in [4.78, 5) is 2.68. The molecule has 2 aliphatic rings. The molecule has 0 aromatic rings. The van der Waals surface area contributed by atoms with Crippen molar-refractivity contribution >= 4 is 0 Å². The van der Waals surface area contributed by atoms with Crippen LogP contribution in [-0.2, 0) is 4.74 Å². The van der Waals surface area contributed by atoms with E-state index in [1.807, 2.05) is 0 Å². The first-order chi connectivity index (χ1) is 8.24. The molecule has 98 valence electrons. The number of nitrogens with zero attached hydrogens (tertiary/aromatic N) is 1. The van der Waals surface area contributed by atoms with E-state index < -0.39 is 0 Å². The number of allylic oxidation sites excluding steroid dienone is 1. The van der Waals surface area contributed by atoms with Crippen LogP contribution in [0.25, 0.3) is 0 Å². The van der Waals surface area contributed by atoms with Gasteiger partial charge in [0.2, 0.25) is 0 Å². The van der Waals surface area contributed by atoms with Gasteiger partial charge in [-0.05, 0) is 45.7 Å². The standard InChI is InChI=1S/C14H26N2O/c1-3-8-15-13-4-9-16(10-5-13)14(2)6-11-17-12-7-14/h3,8,13,15H,4-7,9-12H2,1-2H3/b8-3-. The van der Waals surface area contributed by atoms with Crippen LogP contribution in [0.15, 0.2) is 12.3 Å². The Morgan fingerprint density at radius 1 is 1.24 bits per heavy atom. The maximum absolute atomic E-state index is 5.48. The van der Waals surface area contributed by atoms with Gasteiger partial charge in [-0.1, -0.05) is 6.08 Å². The van der Waals surface area contributed by atoms with Crippen LogP contribution in [0.3, 0.4) is 0 Å². The first-order valence-corrected chi connectivity index (χ1v) is 6.95. The molecule has 3 nitrogen and oxygen atoms in total. The summed E-state index contributed by atoms with van der Waals surface area (Å²) >= 11 is 0. The highest BCUT2D eigenvalue weighted by Gasteiger charge is 2.35. The van der Waals surface area contributed by atoms with Gasteiger partial charge in [0.15, 0.2) is 0 Å². The fourth-order valence-electron chi connectivity index (χ4n) is 2.95. The zero-order chi connectivity index (χ0) is 12.1. The third-order valence-electron chi connectivity index (χ3n) is 4.33. The highest BCUT2D eigenvalue weighted by Crippen LogP contribution is 2.30. The fraction of sp³-hybridized carbons (Fsp3) is 0.857. The molecule has 3 heteroatoms. The van der Waals surface area contributed by atoms with Crippen molar-refractivity contribution in [3.63, 3.8) is 0 Å². The van der Waals surface area contributed by atoms with Gasteiger partial charge < -0.3 is 10.1 Å². The lowest BCUT2D eigenvalue weighted by molar-refractivity contribution is -0.0289. The van der Waals surface area contributed by atoms with Gasteiger partial charge in [0, 0.05) is 37.9 Å². The van der Waals surface area contributed by atoms with Crippen LogP contribution >= 0.6 is 0 Å². The number of rotatable bonds is 3. The number of nitrogens with one attached hydrogen (secondary N) is 1. The van der Waals surface area contributed by atoms with Gasteiger partial charge in [-0.15, -0.1) is 0 Å². The highest BCUT2D eigenvalue weighted by atomic mass is 16.5. The lowest BCUT2D eigenvalue weighted by Gasteiger charge is -2.47. The zero-order valence-corrected chi connectivity index (χ0v) is 11.2. The maximum atomic E-state index is 5.48. The van der Waals surface area contributed by atoms with Crippen molar-refractivity contribution in [1.29, 1.82) is 0 Å². The molecule has 0 atom stereocenters. The van der Waals surface area contributed by atoms with Crippen LogP contribution in [0, 0.1) is 0 Å². The Balaban J connectivity index is 1.81. The van der Waals surface area contributed by atoms with Crippen molar-refractivity contribution < 1.29 is 4.74 Å². The molecule has 0 aromatic carbocycles. The Hall–Kier alpha value is -0.540. The summed E-state index contributed by atoms with van der Waals surface area (Å²) in [6.45, 7) is 8.80. The molecule has 0 spiro atoms. The van der Waals surface area contributed by atoms with Crippen molar-refractivity contribution in [2.24, 2.45) is 0 Å².